The van der Waals surface area contributed by atoms with Crippen molar-refractivity contribution in [2.24, 2.45) is 0 Å². The van der Waals surface area contributed by atoms with Crippen LogP contribution in [-0.4, -0.2) is 19.1 Å². The molecule has 0 fully saturated rings. The number of hydrogen-bond donors (Lipinski definition) is 1. The molecular weight excluding hydrogens is 305 g/mol. The van der Waals surface area contributed by atoms with Crippen LogP contribution in [0.2, 0.25) is 0 Å². The average molecular weight is 317 g/mol. The van der Waals surface area contributed by atoms with Gasteiger partial charge >= 0.3 is 5.97 Å². The van der Waals surface area contributed by atoms with Crippen LogP contribution in [-0.2, 0) is 22.5 Å². The molecule has 1 aromatic carbocycles. The first kappa shape index (κ1) is 10.9. The van der Waals surface area contributed by atoms with Crippen LogP contribution in [0, 0.1) is 3.57 Å². The van der Waals surface area contributed by atoms with Crippen LogP contribution >= 0.6 is 22.6 Å². The number of ether oxygens (including phenoxy) is 1. The van der Waals surface area contributed by atoms with Gasteiger partial charge < -0.3 is 10.1 Å². The van der Waals surface area contributed by atoms with Crippen LogP contribution in [0.15, 0.2) is 18.2 Å². The lowest BCUT2D eigenvalue weighted by Crippen LogP contribution is -2.42. The second-order valence-electron chi connectivity index (χ2n) is 3.54. The molecule has 1 unspecified atom stereocenters. The number of benzene rings is 1. The van der Waals surface area contributed by atoms with E-state index in [-0.39, 0.29) is 12.0 Å². The Balaban J connectivity index is 2.26. The maximum absolute atomic E-state index is 11.4. The van der Waals surface area contributed by atoms with Crippen LogP contribution < -0.4 is 5.32 Å². The molecular formula is C11H12INO2. The van der Waals surface area contributed by atoms with Gasteiger partial charge in [-0.1, -0.05) is 12.1 Å². The molecule has 0 aliphatic carbocycles. The Kier molecular flexibility index (Phi) is 3.25. The minimum absolute atomic E-state index is 0.180. The van der Waals surface area contributed by atoms with Gasteiger partial charge in [0.2, 0.25) is 0 Å². The number of methoxy groups -OCH3 is 1. The van der Waals surface area contributed by atoms with Gasteiger partial charge in [-0.2, -0.15) is 0 Å². The SMILES string of the molecule is COC(=O)C1Cc2c(I)cccc2CN1. The number of nitrogens with one attached hydrogen (secondary N) is 1. The topological polar surface area (TPSA) is 38.3 Å². The summed E-state index contributed by atoms with van der Waals surface area (Å²) in [6.45, 7) is 0.742. The third-order valence-corrected chi connectivity index (χ3v) is 3.66. The van der Waals surface area contributed by atoms with Crippen LogP contribution in [0.4, 0.5) is 0 Å². The standard InChI is InChI=1S/C11H12INO2/c1-15-11(14)10-5-8-7(6-13-10)3-2-4-9(8)12/h2-4,10,13H,5-6H2,1H3. The summed E-state index contributed by atoms with van der Waals surface area (Å²) in [7, 11) is 1.43. The van der Waals surface area contributed by atoms with E-state index in [0.717, 1.165) is 13.0 Å². The van der Waals surface area contributed by atoms with E-state index in [1.807, 2.05) is 6.07 Å². The van der Waals surface area contributed by atoms with E-state index in [9.17, 15) is 4.79 Å². The minimum atomic E-state index is -0.196. The van der Waals surface area contributed by atoms with Crippen molar-refractivity contribution in [2.75, 3.05) is 7.11 Å². The van der Waals surface area contributed by atoms with Gasteiger partial charge in [-0.25, -0.2) is 0 Å². The third-order valence-electron chi connectivity index (χ3n) is 2.65. The van der Waals surface area contributed by atoms with Gasteiger partial charge in [0.15, 0.2) is 0 Å². The molecule has 1 aliphatic heterocycles. The van der Waals surface area contributed by atoms with E-state index >= 15 is 0 Å². The number of esters is 1. The Bertz CT molecular complexity index is 392. The molecule has 0 aromatic heterocycles. The van der Waals surface area contributed by atoms with Gasteiger partial charge in [-0.15, -0.1) is 0 Å². The predicted octanol–water partition coefficient (Wildman–Crippen LogP) is 1.48. The number of fused-ring (bicyclic) bond motifs is 1. The number of halogens is 1. The lowest BCUT2D eigenvalue weighted by atomic mass is 9.96. The van der Waals surface area contributed by atoms with E-state index in [2.05, 4.69) is 40.0 Å². The molecule has 3 nitrogen and oxygen atoms in total. The monoisotopic (exact) mass is 317 g/mol. The molecule has 0 radical (unpaired) electrons. The van der Waals surface area contributed by atoms with E-state index in [1.54, 1.807) is 0 Å². The van der Waals surface area contributed by atoms with Crippen molar-refractivity contribution in [2.45, 2.75) is 19.0 Å². The summed E-state index contributed by atoms with van der Waals surface area (Å²) in [4.78, 5) is 11.4. The van der Waals surface area contributed by atoms with Gasteiger partial charge in [0.1, 0.15) is 6.04 Å². The fraction of sp³-hybridized carbons (Fsp3) is 0.364. The van der Waals surface area contributed by atoms with Gasteiger partial charge in [0.25, 0.3) is 0 Å². The second kappa shape index (κ2) is 4.49. The zero-order chi connectivity index (χ0) is 10.8. The predicted molar refractivity (Wildman–Crippen MR) is 65.5 cm³/mol. The van der Waals surface area contributed by atoms with Crippen LogP contribution in [0.5, 0.6) is 0 Å². The maximum Gasteiger partial charge on any atom is 0.323 e. The molecule has 1 atom stereocenters. The fourth-order valence-corrected chi connectivity index (χ4v) is 2.59. The molecule has 0 amide bonds. The molecule has 80 valence electrons. The molecule has 1 aliphatic rings. The van der Waals surface area contributed by atoms with Gasteiger partial charge in [-0.05, 0) is 46.2 Å². The Morgan fingerprint density at radius 2 is 2.40 bits per heavy atom. The van der Waals surface area contributed by atoms with Crippen molar-refractivity contribution in [1.29, 1.82) is 0 Å². The average Bonchev–Trinajstić information content (AvgIpc) is 2.28. The molecule has 1 aromatic rings. The quantitative estimate of drug-likeness (QED) is 0.630. The Morgan fingerprint density at radius 3 is 3.13 bits per heavy atom. The summed E-state index contributed by atoms with van der Waals surface area (Å²) in [5.41, 5.74) is 2.55. The molecule has 15 heavy (non-hydrogen) atoms. The highest BCUT2D eigenvalue weighted by molar-refractivity contribution is 14.1. The number of hydrogen-bond acceptors (Lipinski definition) is 3. The van der Waals surface area contributed by atoms with E-state index in [4.69, 9.17) is 4.74 Å². The highest BCUT2D eigenvalue weighted by atomic mass is 127. The Labute approximate surface area is 102 Å². The largest absolute Gasteiger partial charge is 0.468 e. The maximum atomic E-state index is 11.4. The summed E-state index contributed by atoms with van der Waals surface area (Å²) in [6.07, 6.45) is 0.723. The Morgan fingerprint density at radius 1 is 1.60 bits per heavy atom. The summed E-state index contributed by atoms with van der Waals surface area (Å²) in [5.74, 6) is -0.180. The molecule has 1 heterocycles. The van der Waals surface area contributed by atoms with Crippen molar-refractivity contribution in [3.8, 4) is 0 Å². The lowest BCUT2D eigenvalue weighted by molar-refractivity contribution is -0.143. The third kappa shape index (κ3) is 2.15. The van der Waals surface area contributed by atoms with Gasteiger partial charge in [0, 0.05) is 10.1 Å². The summed E-state index contributed by atoms with van der Waals surface area (Å²) in [5, 5.41) is 3.18. The Hall–Kier alpha value is -0.620. The van der Waals surface area contributed by atoms with Crippen molar-refractivity contribution < 1.29 is 9.53 Å². The van der Waals surface area contributed by atoms with Gasteiger partial charge in [0.05, 0.1) is 7.11 Å². The first-order chi connectivity index (χ1) is 7.22. The summed E-state index contributed by atoms with van der Waals surface area (Å²) in [6, 6.07) is 6.01. The van der Waals surface area contributed by atoms with Crippen LogP contribution in [0.25, 0.3) is 0 Å². The van der Waals surface area contributed by atoms with Crippen molar-refractivity contribution in [3.63, 3.8) is 0 Å². The summed E-state index contributed by atoms with van der Waals surface area (Å²) < 4.78 is 5.96. The highest BCUT2D eigenvalue weighted by Gasteiger charge is 2.25. The first-order valence-electron chi connectivity index (χ1n) is 4.80. The van der Waals surface area contributed by atoms with Crippen LogP contribution in [0.3, 0.4) is 0 Å². The van der Waals surface area contributed by atoms with E-state index < -0.39 is 0 Å². The normalized spacial score (nSPS) is 19.5. The first-order valence-corrected chi connectivity index (χ1v) is 5.87. The molecule has 1 N–H and O–H groups in total. The van der Waals surface area contributed by atoms with Gasteiger partial charge in [-0.3, -0.25) is 4.79 Å². The zero-order valence-corrected chi connectivity index (χ0v) is 10.6. The van der Waals surface area contributed by atoms with E-state index in [0.29, 0.717) is 0 Å². The number of carbonyl (C=O) groups excluding carboxylic acids is 1. The molecule has 0 bridgehead atoms. The number of rotatable bonds is 1. The van der Waals surface area contributed by atoms with Crippen molar-refractivity contribution in [1.82, 2.24) is 5.32 Å². The zero-order valence-electron chi connectivity index (χ0n) is 8.42. The highest BCUT2D eigenvalue weighted by Crippen LogP contribution is 2.22. The number of carbonyl (C=O) groups is 1. The molecule has 2 rings (SSSR count). The minimum Gasteiger partial charge on any atom is -0.468 e. The smallest absolute Gasteiger partial charge is 0.323 e. The fourth-order valence-electron chi connectivity index (χ4n) is 1.82. The van der Waals surface area contributed by atoms with E-state index in [1.165, 1.54) is 21.8 Å². The van der Waals surface area contributed by atoms with Crippen molar-refractivity contribution in [3.05, 3.63) is 32.9 Å². The van der Waals surface area contributed by atoms with Crippen molar-refractivity contribution >= 4 is 28.6 Å². The lowest BCUT2D eigenvalue weighted by Gasteiger charge is -2.24. The molecule has 0 spiro atoms. The molecule has 4 heteroatoms. The molecule has 0 saturated carbocycles. The molecule has 0 saturated heterocycles. The summed E-state index contributed by atoms with van der Waals surface area (Å²) >= 11 is 2.31. The second-order valence-corrected chi connectivity index (χ2v) is 4.70. The van der Waals surface area contributed by atoms with Crippen LogP contribution in [0.1, 0.15) is 11.1 Å².